The average Bonchev–Trinajstić information content (AvgIpc) is 4.11. The van der Waals surface area contributed by atoms with Gasteiger partial charge in [-0.3, -0.25) is 14.4 Å². The van der Waals surface area contributed by atoms with Crippen LogP contribution in [-0.4, -0.2) is 67.4 Å². The number of para-hydroxylation sites is 3. The number of hydrogen-bond donors (Lipinski definition) is 8. The zero-order chi connectivity index (χ0) is 52.8. The molecule has 0 unspecified atom stereocenters. The van der Waals surface area contributed by atoms with E-state index in [0.717, 1.165) is 73.7 Å². The molecule has 3 amide bonds. The number of fused-ring (bicyclic) bond motifs is 2. The summed E-state index contributed by atoms with van der Waals surface area (Å²) in [6, 6.07) is 38.9. The Labute approximate surface area is 438 Å². The van der Waals surface area contributed by atoms with Crippen molar-refractivity contribution in [2.75, 3.05) is 61.3 Å². The number of ether oxygens (including phenoxy) is 4. The number of carbonyl (C=O) groups is 3. The van der Waals surface area contributed by atoms with Crippen LogP contribution in [0.2, 0.25) is 5.15 Å². The zero-order valence-electron chi connectivity index (χ0n) is 41.8. The number of nitrogens with one attached hydrogen (secondary N) is 8. The maximum absolute atomic E-state index is 12.1. The van der Waals surface area contributed by atoms with Crippen LogP contribution in [-0.2, 0) is 0 Å². The second-order valence-electron chi connectivity index (χ2n) is 16.7. The summed E-state index contributed by atoms with van der Waals surface area (Å²) in [5.74, 6) is 3.79. The van der Waals surface area contributed by atoms with Gasteiger partial charge in [-0.25, -0.2) is 15.0 Å². The van der Waals surface area contributed by atoms with E-state index in [-0.39, 0.29) is 31.3 Å². The summed E-state index contributed by atoms with van der Waals surface area (Å²) in [5, 5.41) is 24.8. The van der Waals surface area contributed by atoms with E-state index in [2.05, 4.69) is 57.5 Å². The van der Waals surface area contributed by atoms with E-state index >= 15 is 0 Å². The molecule has 75 heavy (non-hydrogen) atoms. The molecule has 3 aromatic heterocycles. The summed E-state index contributed by atoms with van der Waals surface area (Å²) in [7, 11) is 4.84. The highest BCUT2D eigenvalue weighted by molar-refractivity contribution is 6.29. The predicted octanol–water partition coefficient (Wildman–Crippen LogP) is 11.1. The molecular weight excluding hydrogens is 974 g/mol. The number of hydrogen-bond acceptors (Lipinski definition) is 15. The molecule has 0 saturated heterocycles. The van der Waals surface area contributed by atoms with Crippen molar-refractivity contribution in [3.05, 3.63) is 185 Å². The van der Waals surface area contributed by atoms with Crippen molar-refractivity contribution in [2.24, 2.45) is 0 Å². The molecular formula is C56H54ClN11O7. The van der Waals surface area contributed by atoms with Crippen molar-refractivity contribution in [3.63, 3.8) is 0 Å². The lowest BCUT2D eigenvalue weighted by molar-refractivity contribution is 0.0956. The monoisotopic (exact) mass is 1030 g/mol. The third-order valence-corrected chi connectivity index (χ3v) is 11.8. The molecule has 18 nitrogen and oxygen atoms in total. The van der Waals surface area contributed by atoms with Gasteiger partial charge in [-0.1, -0.05) is 48.0 Å². The van der Waals surface area contributed by atoms with E-state index in [4.69, 9.17) is 30.5 Å². The first kappa shape index (κ1) is 51.8. The summed E-state index contributed by atoms with van der Waals surface area (Å²) in [6.07, 6.45) is 5.24. The predicted molar refractivity (Wildman–Crippen MR) is 293 cm³/mol. The van der Waals surface area contributed by atoms with Crippen LogP contribution < -0.4 is 61.5 Å². The molecule has 0 atom stereocenters. The Morgan fingerprint density at radius 1 is 0.413 bits per heavy atom. The van der Waals surface area contributed by atoms with E-state index in [0.29, 0.717) is 45.0 Å². The van der Waals surface area contributed by atoms with Crippen LogP contribution >= 0.6 is 11.6 Å². The highest BCUT2D eigenvalue weighted by atomic mass is 35.5. The van der Waals surface area contributed by atoms with Gasteiger partial charge < -0.3 is 61.5 Å². The summed E-state index contributed by atoms with van der Waals surface area (Å²) in [4.78, 5) is 48.9. The van der Waals surface area contributed by atoms with Gasteiger partial charge in [0.1, 0.15) is 16.8 Å². The van der Waals surface area contributed by atoms with Gasteiger partial charge in [0.15, 0.2) is 23.0 Å². The van der Waals surface area contributed by atoms with Crippen molar-refractivity contribution in [3.8, 4) is 23.0 Å². The number of carbonyl (C=O) groups excluding carboxylic acids is 3. The molecule has 8 N–H and O–H groups in total. The van der Waals surface area contributed by atoms with Crippen LogP contribution in [0.1, 0.15) is 47.8 Å². The number of aromatic nitrogens is 3. The number of halogens is 1. The average molecular weight is 1030 g/mol. The molecule has 0 fully saturated rings. The Balaban J connectivity index is 0.000000153. The Kier molecular flexibility index (Phi) is 16.7. The third kappa shape index (κ3) is 13.1. The highest BCUT2D eigenvalue weighted by Gasteiger charge is 2.17. The third-order valence-electron chi connectivity index (χ3n) is 11.6. The van der Waals surface area contributed by atoms with Gasteiger partial charge in [-0.05, 0) is 104 Å². The lowest BCUT2D eigenvalue weighted by atomic mass is 10.1. The zero-order valence-corrected chi connectivity index (χ0v) is 42.6. The number of aryl methyl sites for hydroxylation is 3. The minimum absolute atomic E-state index is 0.138. The van der Waals surface area contributed by atoms with Crippen LogP contribution in [0.4, 0.5) is 57.1 Å². The summed E-state index contributed by atoms with van der Waals surface area (Å²) in [6.45, 7) is 6.32. The second-order valence-corrected chi connectivity index (χ2v) is 17.1. The maximum atomic E-state index is 12.1. The van der Waals surface area contributed by atoms with E-state index < -0.39 is 0 Å². The van der Waals surface area contributed by atoms with Gasteiger partial charge in [0.05, 0.1) is 33.8 Å². The molecule has 19 heteroatoms. The van der Waals surface area contributed by atoms with Gasteiger partial charge in [-0.2, -0.15) is 0 Å². The number of benzene rings is 5. The Bertz CT molecular complexity index is 3210. The maximum Gasteiger partial charge on any atom is 0.253 e. The topological polar surface area (TPSA) is 223 Å². The first-order valence-electron chi connectivity index (χ1n) is 23.5. The largest absolute Gasteiger partial charge is 0.454 e. The number of amides is 3. The van der Waals surface area contributed by atoms with E-state index in [1.807, 2.05) is 124 Å². The molecule has 0 bridgehead atoms. The molecule has 0 saturated carbocycles. The van der Waals surface area contributed by atoms with E-state index in [1.165, 1.54) is 0 Å². The summed E-state index contributed by atoms with van der Waals surface area (Å²) in [5.41, 5.74) is 11.0. The Morgan fingerprint density at radius 2 is 0.760 bits per heavy atom. The lowest BCUT2D eigenvalue weighted by Gasteiger charge is -2.15. The summed E-state index contributed by atoms with van der Waals surface area (Å²) >= 11 is 5.88. The van der Waals surface area contributed by atoms with Crippen molar-refractivity contribution in [1.82, 2.24) is 30.9 Å². The van der Waals surface area contributed by atoms with Gasteiger partial charge in [0.25, 0.3) is 17.7 Å². The molecule has 382 valence electrons. The number of pyridine rings is 3. The summed E-state index contributed by atoms with van der Waals surface area (Å²) < 4.78 is 21.5. The standard InChI is InChI=1S/2C21H20N4O3.C14H14ClN3O/c2*1-13-11-23-20(24-14-7-8-18-19(9-14)28-12-27-18)10-17(13)25-16-6-4-3-5-15(16)21(26)22-2;1-9-8-17-13(15)7-12(9)18-11-6-4-3-5-10(11)14(19)16-2/h2*3-11H,12H2,1-2H3,(H,22,26)(H2,23,24,25);3-8H,1-2H3,(H,16,19)(H,17,18). The van der Waals surface area contributed by atoms with Gasteiger partial charge >= 0.3 is 0 Å². The SMILES string of the molecule is CNC(=O)c1ccccc1Nc1cc(Cl)ncc1C.CNC(=O)c1ccccc1Nc1cc(Nc2ccc3c(c2)OCO3)ncc1C.CNC(=O)c1ccccc1Nc1cc(Nc2ccc3c(c2)OCO3)ncc1C. The number of nitrogens with zero attached hydrogens (tertiary/aromatic N) is 3. The Hall–Kier alpha value is -9.55. The number of rotatable bonds is 13. The molecule has 2 aliphatic rings. The van der Waals surface area contributed by atoms with Crippen LogP contribution in [0.5, 0.6) is 23.0 Å². The molecule has 0 aliphatic carbocycles. The first-order chi connectivity index (χ1) is 36.4. The van der Waals surface area contributed by atoms with Crippen molar-refractivity contribution in [1.29, 1.82) is 0 Å². The van der Waals surface area contributed by atoms with Crippen LogP contribution in [0, 0.1) is 20.8 Å². The fourth-order valence-electron chi connectivity index (χ4n) is 7.54. The van der Waals surface area contributed by atoms with E-state index in [9.17, 15) is 14.4 Å². The molecule has 5 heterocycles. The lowest BCUT2D eigenvalue weighted by Crippen LogP contribution is -2.19. The quantitative estimate of drug-likeness (QED) is 0.0503. The van der Waals surface area contributed by atoms with E-state index in [1.54, 1.807) is 64.0 Å². The van der Waals surface area contributed by atoms with Crippen LogP contribution in [0.3, 0.4) is 0 Å². The molecule has 10 rings (SSSR count). The number of anilines is 10. The Morgan fingerprint density at radius 3 is 1.15 bits per heavy atom. The molecule has 8 aromatic rings. The van der Waals surface area contributed by atoms with Crippen LogP contribution in [0.25, 0.3) is 0 Å². The molecule has 2 aliphatic heterocycles. The van der Waals surface area contributed by atoms with Crippen molar-refractivity contribution < 1.29 is 33.3 Å². The fourth-order valence-corrected chi connectivity index (χ4v) is 7.70. The molecule has 5 aromatic carbocycles. The van der Waals surface area contributed by atoms with Crippen LogP contribution in [0.15, 0.2) is 146 Å². The minimum Gasteiger partial charge on any atom is -0.454 e. The van der Waals surface area contributed by atoms with Gasteiger partial charge in [0.2, 0.25) is 13.6 Å². The highest BCUT2D eigenvalue weighted by Crippen LogP contribution is 2.37. The smallest absolute Gasteiger partial charge is 0.253 e. The van der Waals surface area contributed by atoms with Gasteiger partial charge in [0, 0.05) is 92.4 Å². The fraction of sp³-hybridized carbons (Fsp3) is 0.143. The normalized spacial score (nSPS) is 11.3. The first-order valence-corrected chi connectivity index (χ1v) is 23.9. The minimum atomic E-state index is -0.145. The van der Waals surface area contributed by atoms with Gasteiger partial charge in [-0.15, -0.1) is 0 Å². The van der Waals surface area contributed by atoms with Crippen molar-refractivity contribution >= 4 is 86.5 Å². The van der Waals surface area contributed by atoms with Crippen molar-refractivity contribution in [2.45, 2.75) is 20.8 Å². The second kappa shape index (κ2) is 24.2. The molecule has 0 spiro atoms. The molecule has 0 radical (unpaired) electrons.